The summed E-state index contributed by atoms with van der Waals surface area (Å²) in [5.74, 6) is 0.337. The van der Waals surface area contributed by atoms with Gasteiger partial charge in [0.25, 0.3) is 0 Å². The third-order valence-corrected chi connectivity index (χ3v) is 4.33. The van der Waals surface area contributed by atoms with E-state index in [-0.39, 0.29) is 17.2 Å². The number of carbonyl (C=O) groups excluding carboxylic acids is 2. The van der Waals surface area contributed by atoms with Crippen LogP contribution < -0.4 is 0 Å². The molecule has 0 unspecified atom stereocenters. The summed E-state index contributed by atoms with van der Waals surface area (Å²) in [5.41, 5.74) is -0.330. The maximum Gasteiger partial charge on any atom is 0.236 e. The lowest BCUT2D eigenvalue weighted by Gasteiger charge is -2.39. The Labute approximate surface area is 121 Å². The predicted octanol–water partition coefficient (Wildman–Crippen LogP) is 0.575. The fraction of sp³-hybridized carbons (Fsp3) is 0.733. The third kappa shape index (κ3) is 2.87. The SMILES string of the molecule is C=CCN1CC[C@]2(CCCN(C(=O)CN(C)C)C2)C1=O. The standard InChI is InChI=1S/C15H25N3O2/c1-4-8-17-10-7-15(14(17)20)6-5-9-18(12-15)13(19)11-16(2)3/h4H,1,5-12H2,2-3H3/t15-/m0/s1. The second-order valence-electron chi connectivity index (χ2n) is 6.23. The largest absolute Gasteiger partial charge is 0.341 e. The number of piperidine rings is 1. The summed E-state index contributed by atoms with van der Waals surface area (Å²) in [7, 11) is 3.79. The molecule has 0 aromatic carbocycles. The average Bonchev–Trinajstić information content (AvgIpc) is 2.68. The maximum absolute atomic E-state index is 12.6. The van der Waals surface area contributed by atoms with Gasteiger partial charge in [0.1, 0.15) is 0 Å². The van der Waals surface area contributed by atoms with E-state index in [4.69, 9.17) is 0 Å². The molecular weight excluding hydrogens is 254 g/mol. The van der Waals surface area contributed by atoms with Crippen LogP contribution in [-0.2, 0) is 9.59 Å². The molecule has 0 N–H and O–H groups in total. The van der Waals surface area contributed by atoms with Crippen molar-refractivity contribution < 1.29 is 9.59 Å². The molecular formula is C15H25N3O2. The van der Waals surface area contributed by atoms with Crippen LogP contribution >= 0.6 is 0 Å². The van der Waals surface area contributed by atoms with E-state index < -0.39 is 0 Å². The van der Waals surface area contributed by atoms with E-state index in [1.807, 2.05) is 28.8 Å². The van der Waals surface area contributed by atoms with Gasteiger partial charge in [-0.1, -0.05) is 6.08 Å². The van der Waals surface area contributed by atoms with E-state index in [1.165, 1.54) is 0 Å². The Morgan fingerprint density at radius 3 is 2.80 bits per heavy atom. The summed E-state index contributed by atoms with van der Waals surface area (Å²) >= 11 is 0. The quantitative estimate of drug-likeness (QED) is 0.707. The van der Waals surface area contributed by atoms with Gasteiger partial charge in [-0.2, -0.15) is 0 Å². The molecule has 1 atom stereocenters. The van der Waals surface area contributed by atoms with Crippen molar-refractivity contribution in [2.24, 2.45) is 5.41 Å². The topological polar surface area (TPSA) is 43.9 Å². The first kappa shape index (κ1) is 15.0. The van der Waals surface area contributed by atoms with Crippen LogP contribution in [0.25, 0.3) is 0 Å². The summed E-state index contributed by atoms with van der Waals surface area (Å²) in [6, 6.07) is 0. The highest BCUT2D eigenvalue weighted by atomic mass is 16.2. The van der Waals surface area contributed by atoms with Gasteiger partial charge >= 0.3 is 0 Å². The van der Waals surface area contributed by atoms with E-state index in [0.29, 0.717) is 19.6 Å². The molecule has 0 aliphatic carbocycles. The molecule has 20 heavy (non-hydrogen) atoms. The zero-order valence-electron chi connectivity index (χ0n) is 12.6. The van der Waals surface area contributed by atoms with Crippen molar-refractivity contribution >= 4 is 11.8 Å². The number of nitrogens with zero attached hydrogens (tertiary/aromatic N) is 3. The molecule has 2 fully saturated rings. The second kappa shape index (κ2) is 5.95. The van der Waals surface area contributed by atoms with E-state index in [1.54, 1.807) is 6.08 Å². The smallest absolute Gasteiger partial charge is 0.236 e. The van der Waals surface area contributed by atoms with Crippen molar-refractivity contribution in [1.29, 1.82) is 0 Å². The fourth-order valence-electron chi connectivity index (χ4n) is 3.32. The summed E-state index contributed by atoms with van der Waals surface area (Å²) < 4.78 is 0. The van der Waals surface area contributed by atoms with Crippen LogP contribution in [0, 0.1) is 5.41 Å². The minimum atomic E-state index is -0.330. The number of rotatable bonds is 4. The molecule has 5 nitrogen and oxygen atoms in total. The Hall–Kier alpha value is -1.36. The van der Waals surface area contributed by atoms with Gasteiger partial charge in [-0.25, -0.2) is 0 Å². The first-order valence-corrected chi connectivity index (χ1v) is 7.31. The maximum atomic E-state index is 12.6. The van der Waals surface area contributed by atoms with Crippen molar-refractivity contribution in [3.63, 3.8) is 0 Å². The lowest BCUT2D eigenvalue weighted by atomic mass is 9.78. The Morgan fingerprint density at radius 2 is 2.15 bits per heavy atom. The zero-order valence-corrected chi connectivity index (χ0v) is 12.6. The van der Waals surface area contributed by atoms with Crippen molar-refractivity contribution in [2.75, 3.05) is 46.8 Å². The van der Waals surface area contributed by atoms with E-state index in [2.05, 4.69) is 6.58 Å². The third-order valence-electron chi connectivity index (χ3n) is 4.33. The van der Waals surface area contributed by atoms with Crippen molar-refractivity contribution in [3.8, 4) is 0 Å². The van der Waals surface area contributed by atoms with Crippen molar-refractivity contribution in [1.82, 2.24) is 14.7 Å². The van der Waals surface area contributed by atoms with Crippen LogP contribution in [0.2, 0.25) is 0 Å². The van der Waals surface area contributed by atoms with Gasteiger partial charge in [0.2, 0.25) is 11.8 Å². The van der Waals surface area contributed by atoms with Crippen LogP contribution in [0.1, 0.15) is 19.3 Å². The van der Waals surface area contributed by atoms with Gasteiger partial charge in [0.15, 0.2) is 0 Å². The molecule has 0 radical (unpaired) electrons. The molecule has 2 aliphatic rings. The number of carbonyl (C=O) groups is 2. The Kier molecular flexibility index (Phi) is 4.48. The first-order valence-electron chi connectivity index (χ1n) is 7.31. The van der Waals surface area contributed by atoms with Gasteiger partial charge in [-0.05, 0) is 33.4 Å². The number of hydrogen-bond donors (Lipinski definition) is 0. The minimum Gasteiger partial charge on any atom is -0.341 e. The second-order valence-corrected chi connectivity index (χ2v) is 6.23. The van der Waals surface area contributed by atoms with Gasteiger partial charge in [-0.3, -0.25) is 9.59 Å². The molecule has 0 aromatic heterocycles. The lowest BCUT2D eigenvalue weighted by molar-refractivity contribution is -0.143. The molecule has 0 aromatic rings. The Morgan fingerprint density at radius 1 is 1.40 bits per heavy atom. The monoisotopic (exact) mass is 279 g/mol. The summed E-state index contributed by atoms with van der Waals surface area (Å²) in [6.07, 6.45) is 4.47. The lowest BCUT2D eigenvalue weighted by Crippen LogP contribution is -2.51. The summed E-state index contributed by atoms with van der Waals surface area (Å²) in [5, 5.41) is 0. The molecule has 5 heteroatoms. The molecule has 0 bridgehead atoms. The van der Waals surface area contributed by atoms with Crippen LogP contribution in [0.5, 0.6) is 0 Å². The highest BCUT2D eigenvalue weighted by molar-refractivity contribution is 5.87. The number of likely N-dealkylation sites (N-methyl/N-ethyl adjacent to an activating group) is 1. The van der Waals surface area contributed by atoms with E-state index in [0.717, 1.165) is 32.4 Å². The first-order chi connectivity index (χ1) is 9.48. The number of hydrogen-bond acceptors (Lipinski definition) is 3. The van der Waals surface area contributed by atoms with Gasteiger partial charge in [0.05, 0.1) is 12.0 Å². The highest BCUT2D eigenvalue weighted by Crippen LogP contribution is 2.40. The number of likely N-dealkylation sites (tertiary alicyclic amines) is 2. The Balaban J connectivity index is 2.05. The van der Waals surface area contributed by atoms with Gasteiger partial charge < -0.3 is 14.7 Å². The Bertz CT molecular complexity index is 408. The van der Waals surface area contributed by atoms with E-state index >= 15 is 0 Å². The van der Waals surface area contributed by atoms with Gasteiger partial charge in [0, 0.05) is 26.2 Å². The van der Waals surface area contributed by atoms with Crippen molar-refractivity contribution in [3.05, 3.63) is 12.7 Å². The van der Waals surface area contributed by atoms with E-state index in [9.17, 15) is 9.59 Å². The summed E-state index contributed by atoms with van der Waals surface area (Å²) in [6.45, 7) is 6.90. The molecule has 2 saturated heterocycles. The fourth-order valence-corrected chi connectivity index (χ4v) is 3.32. The molecule has 2 heterocycles. The van der Waals surface area contributed by atoms with Crippen LogP contribution in [0.15, 0.2) is 12.7 Å². The normalized spacial score (nSPS) is 26.6. The minimum absolute atomic E-state index is 0.129. The van der Waals surface area contributed by atoms with Crippen LogP contribution in [-0.4, -0.2) is 73.3 Å². The molecule has 2 rings (SSSR count). The zero-order chi connectivity index (χ0) is 14.8. The molecule has 2 amide bonds. The summed E-state index contributed by atoms with van der Waals surface area (Å²) in [4.78, 5) is 30.4. The van der Waals surface area contributed by atoms with Gasteiger partial charge in [-0.15, -0.1) is 6.58 Å². The molecule has 112 valence electrons. The molecule has 0 saturated carbocycles. The highest BCUT2D eigenvalue weighted by Gasteiger charge is 2.49. The number of amides is 2. The van der Waals surface area contributed by atoms with Crippen LogP contribution in [0.3, 0.4) is 0 Å². The average molecular weight is 279 g/mol. The predicted molar refractivity (Wildman–Crippen MR) is 78.2 cm³/mol. The van der Waals surface area contributed by atoms with Crippen molar-refractivity contribution in [2.45, 2.75) is 19.3 Å². The molecule has 1 spiro atoms. The molecule has 2 aliphatic heterocycles. The van der Waals surface area contributed by atoms with Crippen LogP contribution in [0.4, 0.5) is 0 Å².